The Bertz CT molecular complexity index is 404. The first kappa shape index (κ1) is 17.7. The van der Waals surface area contributed by atoms with Gasteiger partial charge in [0.1, 0.15) is 0 Å². The maximum absolute atomic E-state index is 6.01. The first-order valence-corrected chi connectivity index (χ1v) is 8.31. The van der Waals surface area contributed by atoms with E-state index in [0.717, 1.165) is 17.6 Å². The van der Waals surface area contributed by atoms with Crippen LogP contribution in [0.2, 0.25) is 0 Å². The van der Waals surface area contributed by atoms with Crippen LogP contribution in [0.4, 0.5) is 0 Å². The molecule has 0 aliphatic carbocycles. The van der Waals surface area contributed by atoms with Gasteiger partial charge in [-0.05, 0) is 49.2 Å². The zero-order chi connectivity index (χ0) is 15.3. The average molecular weight is 346 g/mol. The Hall–Kier alpha value is -0.390. The van der Waals surface area contributed by atoms with Gasteiger partial charge < -0.3 is 10.1 Å². The Kier molecular flexibility index (Phi) is 7.20. The second-order valence-electron chi connectivity index (χ2n) is 5.62. The predicted molar refractivity (Wildman–Crippen MR) is 87.0 cm³/mol. The van der Waals surface area contributed by atoms with E-state index < -0.39 is 0 Å². The fourth-order valence-corrected chi connectivity index (χ4v) is 3.03. The van der Waals surface area contributed by atoms with Crippen LogP contribution in [0.3, 0.4) is 0 Å². The fourth-order valence-electron chi connectivity index (χ4n) is 2.51. The van der Waals surface area contributed by atoms with Crippen molar-refractivity contribution in [3.05, 3.63) is 16.4 Å². The molecular formula is C15H28BrN3O. The van der Waals surface area contributed by atoms with E-state index >= 15 is 0 Å². The number of halogens is 1. The lowest BCUT2D eigenvalue weighted by Crippen LogP contribution is -2.39. The van der Waals surface area contributed by atoms with E-state index in [2.05, 4.69) is 65.6 Å². The van der Waals surface area contributed by atoms with Crippen molar-refractivity contribution in [3.63, 3.8) is 0 Å². The maximum Gasteiger partial charge on any atom is 0.0808 e. The minimum absolute atomic E-state index is 0.130. The molecule has 0 fully saturated rings. The van der Waals surface area contributed by atoms with Crippen LogP contribution in [0.15, 0.2) is 10.7 Å². The molecule has 0 bridgehead atoms. The predicted octanol–water partition coefficient (Wildman–Crippen LogP) is 3.94. The molecule has 0 aliphatic heterocycles. The summed E-state index contributed by atoms with van der Waals surface area (Å²) in [4.78, 5) is 0. The Labute approximate surface area is 131 Å². The van der Waals surface area contributed by atoms with Gasteiger partial charge in [-0.1, -0.05) is 20.8 Å². The Morgan fingerprint density at radius 1 is 1.30 bits per heavy atom. The van der Waals surface area contributed by atoms with Crippen LogP contribution in [0.5, 0.6) is 0 Å². The third-order valence-electron chi connectivity index (χ3n) is 3.34. The molecule has 0 spiro atoms. The first-order chi connectivity index (χ1) is 9.43. The summed E-state index contributed by atoms with van der Waals surface area (Å²) < 4.78 is 9.13. The van der Waals surface area contributed by atoms with Crippen LogP contribution in [0.25, 0.3) is 0 Å². The summed E-state index contributed by atoms with van der Waals surface area (Å²) in [6, 6.07) is 0.464. The fraction of sp³-hybridized carbons (Fsp3) is 0.800. The van der Waals surface area contributed by atoms with E-state index in [0.29, 0.717) is 12.0 Å². The summed E-state index contributed by atoms with van der Waals surface area (Å²) >= 11 is 3.65. The molecule has 1 heterocycles. The minimum Gasteiger partial charge on any atom is -0.376 e. The second kappa shape index (κ2) is 8.15. The number of nitrogens with zero attached hydrogens (tertiary/aromatic N) is 2. The second-order valence-corrected chi connectivity index (χ2v) is 6.47. The van der Waals surface area contributed by atoms with Gasteiger partial charge in [-0.2, -0.15) is 5.10 Å². The molecule has 0 saturated heterocycles. The molecule has 20 heavy (non-hydrogen) atoms. The van der Waals surface area contributed by atoms with Crippen molar-refractivity contribution in [2.24, 2.45) is 5.92 Å². The molecule has 0 saturated carbocycles. The number of rotatable bonds is 8. The highest BCUT2D eigenvalue weighted by atomic mass is 79.9. The highest BCUT2D eigenvalue weighted by Gasteiger charge is 2.31. The van der Waals surface area contributed by atoms with E-state index in [1.165, 1.54) is 5.69 Å². The molecule has 1 aromatic rings. The van der Waals surface area contributed by atoms with Crippen LogP contribution >= 0.6 is 15.9 Å². The number of aromatic nitrogens is 2. The molecule has 2 unspecified atom stereocenters. The van der Waals surface area contributed by atoms with E-state index in [9.17, 15) is 0 Å². The molecule has 0 radical (unpaired) electrons. The van der Waals surface area contributed by atoms with E-state index in [1.54, 1.807) is 0 Å². The lowest BCUT2D eigenvalue weighted by atomic mass is 9.96. The Morgan fingerprint density at radius 2 is 1.95 bits per heavy atom. The number of hydrogen-bond donors (Lipinski definition) is 1. The molecule has 5 heteroatoms. The third-order valence-corrected chi connectivity index (χ3v) is 3.95. The molecule has 1 aromatic heterocycles. The van der Waals surface area contributed by atoms with Gasteiger partial charge in [-0.3, -0.25) is 4.68 Å². The molecule has 0 aliphatic rings. The number of hydrogen-bond acceptors (Lipinski definition) is 3. The molecule has 2 atom stereocenters. The molecular weight excluding hydrogens is 318 g/mol. The van der Waals surface area contributed by atoms with Crippen LogP contribution in [0, 0.1) is 5.92 Å². The van der Waals surface area contributed by atoms with Gasteiger partial charge in [-0.25, -0.2) is 0 Å². The summed E-state index contributed by atoms with van der Waals surface area (Å²) in [6.07, 6.45) is 2.01. The van der Waals surface area contributed by atoms with Crippen LogP contribution < -0.4 is 5.32 Å². The first-order valence-electron chi connectivity index (χ1n) is 7.51. The summed E-state index contributed by atoms with van der Waals surface area (Å²) in [6.45, 7) is 14.5. The third kappa shape index (κ3) is 4.06. The minimum atomic E-state index is 0.130. The maximum atomic E-state index is 6.01. The van der Waals surface area contributed by atoms with Crippen LogP contribution in [0.1, 0.15) is 59.3 Å². The van der Waals surface area contributed by atoms with Crippen molar-refractivity contribution < 1.29 is 4.74 Å². The van der Waals surface area contributed by atoms with Gasteiger partial charge in [0, 0.05) is 12.6 Å². The highest BCUT2D eigenvalue weighted by Crippen LogP contribution is 2.31. The molecule has 1 rings (SSSR count). The highest BCUT2D eigenvalue weighted by molar-refractivity contribution is 9.10. The summed E-state index contributed by atoms with van der Waals surface area (Å²) in [5, 5.41) is 8.07. The molecule has 1 N–H and O–H groups in total. The number of nitrogens with one attached hydrogen (secondary N) is 1. The van der Waals surface area contributed by atoms with E-state index in [4.69, 9.17) is 4.74 Å². The van der Waals surface area contributed by atoms with Gasteiger partial charge in [-0.15, -0.1) is 0 Å². The van der Waals surface area contributed by atoms with E-state index in [1.807, 2.05) is 13.1 Å². The molecule has 0 amide bonds. The van der Waals surface area contributed by atoms with Gasteiger partial charge in [0.25, 0.3) is 0 Å². The average Bonchev–Trinajstić information content (AvgIpc) is 2.75. The number of likely N-dealkylation sites (N-methyl/N-ethyl adjacent to an activating group) is 1. The molecule has 4 nitrogen and oxygen atoms in total. The van der Waals surface area contributed by atoms with Crippen LogP contribution in [-0.2, 0) is 4.74 Å². The topological polar surface area (TPSA) is 39.1 Å². The van der Waals surface area contributed by atoms with Crippen molar-refractivity contribution in [2.45, 2.75) is 59.7 Å². The molecule has 116 valence electrons. The lowest BCUT2D eigenvalue weighted by molar-refractivity contribution is 0.000694. The Balaban J connectivity index is 3.21. The van der Waals surface area contributed by atoms with Gasteiger partial charge in [0.2, 0.25) is 0 Å². The quantitative estimate of drug-likeness (QED) is 0.775. The van der Waals surface area contributed by atoms with Crippen molar-refractivity contribution in [2.75, 3.05) is 13.2 Å². The normalized spacial score (nSPS) is 15.1. The number of ether oxygens (including phenoxy) is 1. The van der Waals surface area contributed by atoms with E-state index in [-0.39, 0.29) is 12.1 Å². The lowest BCUT2D eigenvalue weighted by Gasteiger charge is -2.32. The Morgan fingerprint density at radius 3 is 2.40 bits per heavy atom. The van der Waals surface area contributed by atoms with Crippen molar-refractivity contribution in [3.8, 4) is 0 Å². The molecule has 0 aromatic carbocycles. The van der Waals surface area contributed by atoms with Gasteiger partial charge >= 0.3 is 0 Å². The van der Waals surface area contributed by atoms with Gasteiger partial charge in [0.05, 0.1) is 28.5 Å². The van der Waals surface area contributed by atoms with Gasteiger partial charge in [0.15, 0.2) is 0 Å². The zero-order valence-corrected chi connectivity index (χ0v) is 15.1. The van der Waals surface area contributed by atoms with Crippen molar-refractivity contribution in [1.29, 1.82) is 0 Å². The summed E-state index contributed by atoms with van der Waals surface area (Å²) in [5.74, 6) is 0.432. The smallest absolute Gasteiger partial charge is 0.0808 e. The van der Waals surface area contributed by atoms with Crippen molar-refractivity contribution >= 4 is 15.9 Å². The summed E-state index contributed by atoms with van der Waals surface area (Å²) in [7, 11) is 0. The SMILES string of the molecule is CCNC(c1c(Br)cnn1C(C)C)C(OCC)C(C)C. The zero-order valence-electron chi connectivity index (χ0n) is 13.5. The largest absolute Gasteiger partial charge is 0.376 e. The summed E-state index contributed by atoms with van der Waals surface area (Å²) in [5.41, 5.74) is 1.18. The van der Waals surface area contributed by atoms with Crippen LogP contribution in [-0.4, -0.2) is 29.0 Å². The van der Waals surface area contributed by atoms with Crippen molar-refractivity contribution in [1.82, 2.24) is 15.1 Å². The monoisotopic (exact) mass is 345 g/mol. The standard InChI is InChI=1S/C15H28BrN3O/c1-7-17-13(15(10(3)4)20-8-2)14-12(16)9-18-19(14)11(5)6/h9-11,13,15,17H,7-8H2,1-6H3.